The summed E-state index contributed by atoms with van der Waals surface area (Å²) >= 11 is 0. The minimum absolute atomic E-state index is 0.0419. The lowest BCUT2D eigenvalue weighted by Crippen LogP contribution is -2.58. The van der Waals surface area contributed by atoms with Crippen LogP contribution in [0.3, 0.4) is 0 Å². The molecule has 2 amide bonds. The Morgan fingerprint density at radius 2 is 1.59 bits per heavy atom. The van der Waals surface area contributed by atoms with Crippen LogP contribution in [0.1, 0.15) is 40.5 Å². The Kier molecular flexibility index (Phi) is 8.15. The summed E-state index contributed by atoms with van der Waals surface area (Å²) in [4.78, 5) is 38.1. The molecule has 0 aromatic rings. The number of rotatable bonds is 7. The molecule has 0 saturated carbocycles. The van der Waals surface area contributed by atoms with Crippen molar-refractivity contribution in [3.05, 3.63) is 0 Å². The number of nitrogens with one attached hydrogen (secondary N) is 1. The fourth-order valence-electron chi connectivity index (χ4n) is 3.03. The van der Waals surface area contributed by atoms with E-state index in [1.165, 1.54) is 18.7 Å². The summed E-state index contributed by atoms with van der Waals surface area (Å²) in [5.41, 5.74) is 5.83. The van der Waals surface area contributed by atoms with Crippen molar-refractivity contribution in [1.82, 2.24) is 10.2 Å². The summed E-state index contributed by atoms with van der Waals surface area (Å²) in [6.07, 6.45) is -5.31. The van der Waals surface area contributed by atoms with Gasteiger partial charge in [0.05, 0.1) is 18.0 Å². The van der Waals surface area contributed by atoms with Crippen molar-refractivity contribution in [1.29, 1.82) is 0 Å². The monoisotopic (exact) mass is 429 g/mol. The van der Waals surface area contributed by atoms with Gasteiger partial charge < -0.3 is 16.0 Å². The molecule has 0 aromatic carbocycles. The second kappa shape index (κ2) is 9.36. The highest BCUT2D eigenvalue weighted by atomic mass is 19.4. The maximum Gasteiger partial charge on any atom is 0.461 e. The molecule has 1 fully saturated rings. The van der Waals surface area contributed by atoms with Gasteiger partial charge in [-0.3, -0.25) is 14.4 Å². The van der Waals surface area contributed by atoms with E-state index in [0.717, 1.165) is 0 Å². The van der Waals surface area contributed by atoms with Gasteiger partial charge in [0.1, 0.15) is 0 Å². The summed E-state index contributed by atoms with van der Waals surface area (Å²) in [7, 11) is 0. The molecule has 0 aliphatic carbocycles. The van der Waals surface area contributed by atoms with Crippen molar-refractivity contribution in [2.75, 3.05) is 13.1 Å². The number of carbonyl (C=O) groups excluding carboxylic acids is 3. The van der Waals surface area contributed by atoms with Gasteiger partial charge in [0.25, 0.3) is 0 Å². The molecule has 1 saturated heterocycles. The number of nitrogens with zero attached hydrogens (tertiary/aromatic N) is 1. The third-order valence-corrected chi connectivity index (χ3v) is 5.02. The minimum Gasteiger partial charge on any atom is -0.345 e. The smallest absolute Gasteiger partial charge is 0.345 e. The quantitative estimate of drug-likeness (QED) is 0.607. The van der Waals surface area contributed by atoms with Crippen LogP contribution in [0, 0.1) is 17.8 Å². The number of nitrogens with two attached hydrogens (primary N) is 1. The molecule has 1 aliphatic rings. The standard InChI is InChI=1S/C18H28F5N3O3/c1-9(2)12(24)16(29)26-7-5-6-11(8-26)15(28)25-13(10(3)4)14(27)17(19,20)18(21,22)23/h9-13H,5-8,24H2,1-4H3,(H,25,28)/t11?,12-,13?/m0/s1. The van der Waals surface area contributed by atoms with Gasteiger partial charge in [-0.2, -0.15) is 22.0 Å². The highest BCUT2D eigenvalue weighted by Crippen LogP contribution is 2.37. The summed E-state index contributed by atoms with van der Waals surface area (Å²) in [5.74, 6) is -11.1. The van der Waals surface area contributed by atoms with E-state index < -0.39 is 47.7 Å². The van der Waals surface area contributed by atoms with Crippen molar-refractivity contribution >= 4 is 17.6 Å². The second-order valence-corrected chi connectivity index (χ2v) is 8.06. The van der Waals surface area contributed by atoms with Gasteiger partial charge in [-0.15, -0.1) is 0 Å². The Balaban J connectivity index is 2.91. The molecular formula is C18H28F5N3O3. The van der Waals surface area contributed by atoms with E-state index in [1.807, 2.05) is 5.32 Å². The zero-order valence-electron chi connectivity index (χ0n) is 16.9. The molecule has 11 heteroatoms. The average Bonchev–Trinajstić information content (AvgIpc) is 2.62. The molecule has 1 rings (SSSR count). The van der Waals surface area contributed by atoms with Crippen molar-refractivity contribution in [2.45, 2.75) is 64.7 Å². The van der Waals surface area contributed by atoms with Crippen molar-refractivity contribution in [3.63, 3.8) is 0 Å². The topological polar surface area (TPSA) is 92.5 Å². The van der Waals surface area contributed by atoms with Crippen LogP contribution in [0.4, 0.5) is 22.0 Å². The van der Waals surface area contributed by atoms with Gasteiger partial charge in [-0.05, 0) is 24.7 Å². The van der Waals surface area contributed by atoms with Crippen LogP contribution in [-0.4, -0.2) is 59.8 Å². The van der Waals surface area contributed by atoms with E-state index in [4.69, 9.17) is 5.73 Å². The molecule has 1 aliphatic heterocycles. The number of carbonyl (C=O) groups is 3. The molecular weight excluding hydrogens is 401 g/mol. The fraction of sp³-hybridized carbons (Fsp3) is 0.833. The third-order valence-electron chi connectivity index (χ3n) is 5.02. The molecule has 29 heavy (non-hydrogen) atoms. The lowest BCUT2D eigenvalue weighted by Gasteiger charge is -2.35. The van der Waals surface area contributed by atoms with Gasteiger partial charge in [-0.25, -0.2) is 0 Å². The maximum atomic E-state index is 13.5. The number of Topliss-reactive ketones (excluding diaryl/α,β-unsaturated/α-hetero) is 1. The predicted molar refractivity (Wildman–Crippen MR) is 94.9 cm³/mol. The first-order valence-corrected chi connectivity index (χ1v) is 9.44. The van der Waals surface area contributed by atoms with E-state index in [9.17, 15) is 36.3 Å². The summed E-state index contributed by atoms with van der Waals surface area (Å²) < 4.78 is 64.6. The largest absolute Gasteiger partial charge is 0.461 e. The molecule has 6 nitrogen and oxygen atoms in total. The molecule has 0 spiro atoms. The number of hydrogen-bond acceptors (Lipinski definition) is 4. The number of halogens is 5. The molecule has 0 radical (unpaired) electrons. The number of likely N-dealkylation sites (tertiary alicyclic amines) is 1. The average molecular weight is 429 g/mol. The van der Waals surface area contributed by atoms with Crippen molar-refractivity contribution < 1.29 is 36.3 Å². The molecule has 0 aromatic heterocycles. The van der Waals surface area contributed by atoms with Crippen molar-refractivity contribution in [3.8, 4) is 0 Å². The van der Waals surface area contributed by atoms with Crippen LogP contribution in [0.5, 0.6) is 0 Å². The second-order valence-electron chi connectivity index (χ2n) is 8.06. The lowest BCUT2D eigenvalue weighted by molar-refractivity contribution is -0.270. The first-order valence-electron chi connectivity index (χ1n) is 9.44. The normalized spacial score (nSPS) is 20.6. The first-order chi connectivity index (χ1) is 13.1. The number of amides is 2. The molecule has 1 heterocycles. The Morgan fingerprint density at radius 3 is 2.03 bits per heavy atom. The summed E-state index contributed by atoms with van der Waals surface area (Å²) in [6.45, 7) is 6.36. The van der Waals surface area contributed by atoms with Crippen molar-refractivity contribution in [2.24, 2.45) is 23.5 Å². The Bertz CT molecular complexity index is 622. The van der Waals surface area contributed by atoms with Crippen LogP contribution < -0.4 is 11.1 Å². The molecule has 2 unspecified atom stereocenters. The fourth-order valence-corrected chi connectivity index (χ4v) is 3.03. The summed E-state index contributed by atoms with van der Waals surface area (Å²) in [6, 6.07) is -2.78. The molecule has 3 N–H and O–H groups in total. The van der Waals surface area contributed by atoms with Gasteiger partial charge in [0.2, 0.25) is 17.6 Å². The van der Waals surface area contributed by atoms with Gasteiger partial charge in [0.15, 0.2) is 0 Å². The maximum absolute atomic E-state index is 13.5. The van der Waals surface area contributed by atoms with E-state index in [-0.39, 0.29) is 18.4 Å². The minimum atomic E-state index is -6.05. The third kappa shape index (κ3) is 5.86. The predicted octanol–water partition coefficient (Wildman–Crippen LogP) is 2.12. The SMILES string of the molecule is CC(C)C(NC(=O)C1CCCN(C(=O)[C@@H](N)C(C)C)C1)C(=O)C(F)(F)C(F)(F)F. The summed E-state index contributed by atoms with van der Waals surface area (Å²) in [5, 5.41) is 2.04. The van der Waals surface area contributed by atoms with Crippen LogP contribution in [0.2, 0.25) is 0 Å². The number of piperidine rings is 1. The molecule has 0 bridgehead atoms. The number of alkyl halides is 5. The van der Waals surface area contributed by atoms with Crippen LogP contribution in [0.15, 0.2) is 0 Å². The molecule has 168 valence electrons. The number of hydrogen-bond donors (Lipinski definition) is 2. The van der Waals surface area contributed by atoms with Gasteiger partial charge in [0, 0.05) is 13.1 Å². The first kappa shape index (κ1) is 25.3. The van der Waals surface area contributed by atoms with Gasteiger partial charge >= 0.3 is 12.1 Å². The molecule has 3 atom stereocenters. The van der Waals surface area contributed by atoms with Crippen LogP contribution in [0.25, 0.3) is 0 Å². The van der Waals surface area contributed by atoms with Gasteiger partial charge in [-0.1, -0.05) is 27.7 Å². The van der Waals surface area contributed by atoms with Crippen LogP contribution in [-0.2, 0) is 14.4 Å². The van der Waals surface area contributed by atoms with E-state index >= 15 is 0 Å². The Labute approximate surface area is 166 Å². The Morgan fingerprint density at radius 1 is 1.03 bits per heavy atom. The van der Waals surface area contributed by atoms with E-state index in [2.05, 4.69) is 0 Å². The van der Waals surface area contributed by atoms with Crippen LogP contribution >= 0.6 is 0 Å². The zero-order chi connectivity index (χ0) is 22.7. The highest BCUT2D eigenvalue weighted by molar-refractivity contribution is 5.95. The Hall–Kier alpha value is -1.78. The zero-order valence-corrected chi connectivity index (χ0v) is 16.9. The highest BCUT2D eigenvalue weighted by Gasteiger charge is 2.64. The lowest BCUT2D eigenvalue weighted by atomic mass is 9.92. The van der Waals surface area contributed by atoms with E-state index in [0.29, 0.717) is 19.4 Å². The van der Waals surface area contributed by atoms with E-state index in [1.54, 1.807) is 13.8 Å². The number of ketones is 1.